The van der Waals surface area contributed by atoms with E-state index in [-0.39, 0.29) is 11.9 Å². The van der Waals surface area contributed by atoms with Gasteiger partial charge in [-0.3, -0.25) is 4.79 Å². The summed E-state index contributed by atoms with van der Waals surface area (Å²) < 4.78 is 0. The number of hydrogen-bond acceptors (Lipinski definition) is 1. The second-order valence-electron chi connectivity index (χ2n) is 6.93. The molecule has 1 aliphatic carbocycles. The highest BCUT2D eigenvalue weighted by molar-refractivity contribution is 5.95. The Morgan fingerprint density at radius 2 is 1.79 bits per heavy atom. The summed E-state index contributed by atoms with van der Waals surface area (Å²) in [5, 5.41) is 5.42. The molecular formula is C21H27N2O+. The largest absolute Gasteiger partial charge is 0.330 e. The van der Waals surface area contributed by atoms with Crippen LogP contribution in [0.1, 0.15) is 48.4 Å². The normalized spacial score (nSPS) is 16.1. The first-order valence-electron chi connectivity index (χ1n) is 8.91. The molecule has 3 N–H and O–H groups in total. The van der Waals surface area contributed by atoms with E-state index < -0.39 is 0 Å². The third-order valence-corrected chi connectivity index (χ3v) is 4.96. The molecule has 2 aromatic rings. The molecule has 3 heteroatoms. The number of benzene rings is 2. The van der Waals surface area contributed by atoms with E-state index in [0.29, 0.717) is 6.04 Å². The van der Waals surface area contributed by atoms with Crippen LogP contribution in [0, 0.1) is 13.8 Å². The van der Waals surface area contributed by atoms with Crippen LogP contribution in [0.2, 0.25) is 0 Å². The number of amides is 1. The quantitative estimate of drug-likeness (QED) is 0.869. The van der Waals surface area contributed by atoms with Crippen LogP contribution in [-0.2, 0) is 4.79 Å². The SMILES string of the molecule is Cc1ccc(C)c(NC(=O)[C@@H]([NH2+]C2CCCC2)c2ccccc2)c1. The Labute approximate surface area is 144 Å². The Bertz CT molecular complexity index is 690. The zero-order valence-corrected chi connectivity index (χ0v) is 14.6. The van der Waals surface area contributed by atoms with Crippen LogP contribution in [0.25, 0.3) is 0 Å². The number of nitrogens with one attached hydrogen (secondary N) is 1. The number of anilines is 1. The molecule has 1 atom stereocenters. The first-order chi connectivity index (χ1) is 11.6. The van der Waals surface area contributed by atoms with E-state index in [1.165, 1.54) is 25.7 Å². The number of quaternary nitrogens is 1. The Kier molecular flexibility index (Phi) is 5.31. The molecule has 0 radical (unpaired) electrons. The zero-order valence-electron chi connectivity index (χ0n) is 14.6. The number of carbonyl (C=O) groups excluding carboxylic acids is 1. The third-order valence-electron chi connectivity index (χ3n) is 4.96. The summed E-state index contributed by atoms with van der Waals surface area (Å²) in [5.74, 6) is 0.0711. The van der Waals surface area contributed by atoms with Gasteiger partial charge in [-0.25, -0.2) is 0 Å². The van der Waals surface area contributed by atoms with Crippen molar-refractivity contribution < 1.29 is 10.1 Å². The molecule has 1 fully saturated rings. The van der Waals surface area contributed by atoms with Crippen LogP contribution in [0.3, 0.4) is 0 Å². The lowest BCUT2D eigenvalue weighted by Crippen LogP contribution is -2.92. The van der Waals surface area contributed by atoms with Gasteiger partial charge in [-0.05, 0) is 56.7 Å². The van der Waals surface area contributed by atoms with Crippen molar-refractivity contribution in [1.29, 1.82) is 0 Å². The molecule has 1 amide bonds. The number of rotatable bonds is 5. The van der Waals surface area contributed by atoms with Gasteiger partial charge in [0.25, 0.3) is 5.91 Å². The fourth-order valence-corrected chi connectivity index (χ4v) is 3.51. The van der Waals surface area contributed by atoms with Crippen molar-refractivity contribution in [3.05, 3.63) is 65.2 Å². The Morgan fingerprint density at radius 3 is 2.50 bits per heavy atom. The first-order valence-corrected chi connectivity index (χ1v) is 8.91. The lowest BCUT2D eigenvalue weighted by molar-refractivity contribution is -0.714. The zero-order chi connectivity index (χ0) is 16.9. The van der Waals surface area contributed by atoms with Gasteiger partial charge in [0.1, 0.15) is 0 Å². The van der Waals surface area contributed by atoms with Crippen LogP contribution in [0.15, 0.2) is 48.5 Å². The molecule has 0 saturated heterocycles. The summed E-state index contributed by atoms with van der Waals surface area (Å²) >= 11 is 0. The van der Waals surface area contributed by atoms with Crippen LogP contribution < -0.4 is 10.6 Å². The maximum Gasteiger partial charge on any atom is 0.287 e. The number of hydrogen-bond donors (Lipinski definition) is 2. The molecule has 3 rings (SSSR count). The molecule has 0 spiro atoms. The van der Waals surface area contributed by atoms with E-state index in [1.807, 2.05) is 31.2 Å². The second kappa shape index (κ2) is 7.63. The topological polar surface area (TPSA) is 45.7 Å². The van der Waals surface area contributed by atoms with E-state index in [1.54, 1.807) is 0 Å². The van der Waals surface area contributed by atoms with Crippen LogP contribution in [-0.4, -0.2) is 11.9 Å². The highest BCUT2D eigenvalue weighted by atomic mass is 16.2. The minimum Gasteiger partial charge on any atom is -0.330 e. The highest BCUT2D eigenvalue weighted by Crippen LogP contribution is 2.20. The van der Waals surface area contributed by atoms with Crippen molar-refractivity contribution in [3.63, 3.8) is 0 Å². The summed E-state index contributed by atoms with van der Waals surface area (Å²) in [5.41, 5.74) is 4.25. The van der Waals surface area contributed by atoms with Gasteiger partial charge in [0.2, 0.25) is 0 Å². The highest BCUT2D eigenvalue weighted by Gasteiger charge is 2.29. The summed E-state index contributed by atoms with van der Waals surface area (Å²) in [6, 6.07) is 16.7. The van der Waals surface area contributed by atoms with Crippen molar-refractivity contribution in [1.82, 2.24) is 0 Å². The van der Waals surface area contributed by atoms with E-state index in [9.17, 15) is 4.79 Å². The van der Waals surface area contributed by atoms with Crippen molar-refractivity contribution in [3.8, 4) is 0 Å². The van der Waals surface area contributed by atoms with Gasteiger partial charge >= 0.3 is 0 Å². The molecule has 0 heterocycles. The maximum atomic E-state index is 13.0. The number of aryl methyl sites for hydroxylation is 2. The minimum atomic E-state index is -0.186. The van der Waals surface area contributed by atoms with Gasteiger partial charge in [-0.15, -0.1) is 0 Å². The van der Waals surface area contributed by atoms with Gasteiger partial charge in [0.05, 0.1) is 6.04 Å². The number of carbonyl (C=O) groups is 1. The standard InChI is InChI=1S/C21H26N2O/c1-15-12-13-16(2)19(14-15)23-21(24)20(17-8-4-3-5-9-17)22-18-10-6-7-11-18/h3-5,8-9,12-14,18,20,22H,6-7,10-11H2,1-2H3,(H,23,24)/p+1/t20-/m0/s1. The summed E-state index contributed by atoms with van der Waals surface area (Å²) in [4.78, 5) is 13.0. The molecule has 0 aromatic heterocycles. The van der Waals surface area contributed by atoms with Gasteiger partial charge in [0, 0.05) is 11.3 Å². The minimum absolute atomic E-state index is 0.0711. The Morgan fingerprint density at radius 1 is 1.08 bits per heavy atom. The van der Waals surface area contributed by atoms with Crippen molar-refractivity contribution >= 4 is 11.6 Å². The monoisotopic (exact) mass is 323 g/mol. The molecule has 0 unspecified atom stereocenters. The average molecular weight is 323 g/mol. The lowest BCUT2D eigenvalue weighted by Gasteiger charge is -2.20. The van der Waals surface area contributed by atoms with Crippen LogP contribution in [0.5, 0.6) is 0 Å². The van der Waals surface area contributed by atoms with Gasteiger partial charge in [0.15, 0.2) is 6.04 Å². The molecule has 0 aliphatic heterocycles. The molecule has 2 aromatic carbocycles. The van der Waals surface area contributed by atoms with E-state index >= 15 is 0 Å². The molecule has 1 aliphatic rings. The fourth-order valence-electron chi connectivity index (χ4n) is 3.51. The molecule has 1 saturated carbocycles. The Balaban J connectivity index is 1.81. The summed E-state index contributed by atoms with van der Waals surface area (Å²) in [6.45, 7) is 4.09. The fraction of sp³-hybridized carbons (Fsp3) is 0.381. The van der Waals surface area contributed by atoms with Crippen molar-refractivity contribution in [2.24, 2.45) is 0 Å². The summed E-state index contributed by atoms with van der Waals surface area (Å²) in [6.07, 6.45) is 4.97. The second-order valence-corrected chi connectivity index (χ2v) is 6.93. The van der Waals surface area contributed by atoms with Gasteiger partial charge < -0.3 is 10.6 Å². The molecule has 3 nitrogen and oxygen atoms in total. The van der Waals surface area contributed by atoms with Crippen LogP contribution >= 0.6 is 0 Å². The molecule has 24 heavy (non-hydrogen) atoms. The smallest absolute Gasteiger partial charge is 0.287 e. The van der Waals surface area contributed by atoms with Gasteiger partial charge in [-0.1, -0.05) is 42.5 Å². The number of nitrogens with two attached hydrogens (primary N) is 1. The van der Waals surface area contributed by atoms with E-state index in [2.05, 4.69) is 41.8 Å². The van der Waals surface area contributed by atoms with Crippen LogP contribution in [0.4, 0.5) is 5.69 Å². The first kappa shape index (κ1) is 16.7. The lowest BCUT2D eigenvalue weighted by atomic mass is 10.0. The van der Waals surface area contributed by atoms with Crippen molar-refractivity contribution in [2.45, 2.75) is 51.6 Å². The predicted octanol–water partition coefficient (Wildman–Crippen LogP) is 3.49. The molecular weight excluding hydrogens is 296 g/mol. The van der Waals surface area contributed by atoms with E-state index in [0.717, 1.165) is 22.4 Å². The summed E-state index contributed by atoms with van der Waals surface area (Å²) in [7, 11) is 0. The third kappa shape index (κ3) is 4.04. The molecule has 0 bridgehead atoms. The average Bonchev–Trinajstić information content (AvgIpc) is 3.10. The van der Waals surface area contributed by atoms with Crippen molar-refractivity contribution in [2.75, 3.05) is 5.32 Å². The maximum absolute atomic E-state index is 13.0. The van der Waals surface area contributed by atoms with Gasteiger partial charge in [-0.2, -0.15) is 0 Å². The molecule has 126 valence electrons. The predicted molar refractivity (Wildman–Crippen MR) is 97.9 cm³/mol. The Hall–Kier alpha value is -2.13. The van der Waals surface area contributed by atoms with E-state index in [4.69, 9.17) is 0 Å².